The van der Waals surface area contributed by atoms with E-state index in [1.165, 1.54) is 25.0 Å². The first-order chi connectivity index (χ1) is 7.20. The van der Waals surface area contributed by atoms with Crippen molar-refractivity contribution in [3.63, 3.8) is 0 Å². The standard InChI is InChI=1S/C12H21N3/c1-4-13-11-5-6-12(8-11)15-10(3)7-9(2)14-15/h7,11-13H,4-6,8H2,1-3H3. The first kappa shape index (κ1) is 10.7. The highest BCUT2D eigenvalue weighted by Crippen LogP contribution is 2.30. The van der Waals surface area contributed by atoms with E-state index in [2.05, 4.69) is 41.9 Å². The van der Waals surface area contributed by atoms with Crippen LogP contribution in [0.5, 0.6) is 0 Å². The van der Waals surface area contributed by atoms with Crippen LogP contribution in [-0.4, -0.2) is 22.4 Å². The van der Waals surface area contributed by atoms with Crippen molar-refractivity contribution < 1.29 is 0 Å². The summed E-state index contributed by atoms with van der Waals surface area (Å²) in [6, 6.07) is 3.48. The zero-order valence-corrected chi connectivity index (χ0v) is 9.95. The van der Waals surface area contributed by atoms with Gasteiger partial charge in [0.1, 0.15) is 0 Å². The summed E-state index contributed by atoms with van der Waals surface area (Å²) in [5, 5.41) is 8.11. The molecule has 0 radical (unpaired) electrons. The highest BCUT2D eigenvalue weighted by Gasteiger charge is 2.26. The Balaban J connectivity index is 2.04. The van der Waals surface area contributed by atoms with Crippen LogP contribution in [0.1, 0.15) is 43.6 Å². The molecule has 1 fully saturated rings. The van der Waals surface area contributed by atoms with Gasteiger partial charge in [0.25, 0.3) is 0 Å². The Bertz CT molecular complexity index is 330. The minimum Gasteiger partial charge on any atom is -0.314 e. The lowest BCUT2D eigenvalue weighted by molar-refractivity contribution is 0.435. The smallest absolute Gasteiger partial charge is 0.0596 e. The van der Waals surface area contributed by atoms with Crippen molar-refractivity contribution in [3.05, 3.63) is 17.5 Å². The molecule has 0 amide bonds. The Morgan fingerprint density at radius 2 is 2.27 bits per heavy atom. The predicted molar refractivity (Wildman–Crippen MR) is 62.1 cm³/mol. The number of nitrogens with one attached hydrogen (secondary N) is 1. The Morgan fingerprint density at radius 1 is 1.47 bits per heavy atom. The number of rotatable bonds is 3. The van der Waals surface area contributed by atoms with E-state index in [4.69, 9.17) is 0 Å². The average molecular weight is 207 g/mol. The third kappa shape index (κ3) is 2.23. The molecule has 1 N–H and O–H groups in total. The van der Waals surface area contributed by atoms with Crippen LogP contribution in [0.25, 0.3) is 0 Å². The molecule has 2 atom stereocenters. The second-order valence-electron chi connectivity index (χ2n) is 4.59. The van der Waals surface area contributed by atoms with E-state index >= 15 is 0 Å². The molecule has 3 nitrogen and oxygen atoms in total. The van der Waals surface area contributed by atoms with Gasteiger partial charge < -0.3 is 5.32 Å². The molecule has 1 aliphatic carbocycles. The Hall–Kier alpha value is -0.830. The molecule has 15 heavy (non-hydrogen) atoms. The maximum absolute atomic E-state index is 4.58. The van der Waals surface area contributed by atoms with Crippen molar-refractivity contribution in [2.75, 3.05) is 6.54 Å². The maximum Gasteiger partial charge on any atom is 0.0596 e. The summed E-state index contributed by atoms with van der Waals surface area (Å²) in [6.45, 7) is 7.48. The van der Waals surface area contributed by atoms with Crippen molar-refractivity contribution in [3.8, 4) is 0 Å². The fourth-order valence-electron chi connectivity index (χ4n) is 2.67. The lowest BCUT2D eigenvalue weighted by Crippen LogP contribution is -2.26. The summed E-state index contributed by atoms with van der Waals surface area (Å²) in [6.07, 6.45) is 3.78. The van der Waals surface area contributed by atoms with Gasteiger partial charge in [-0.3, -0.25) is 4.68 Å². The average Bonchev–Trinajstić information content (AvgIpc) is 2.73. The minimum atomic E-state index is 0.614. The molecule has 0 spiro atoms. The zero-order valence-electron chi connectivity index (χ0n) is 9.95. The summed E-state index contributed by atoms with van der Waals surface area (Å²) in [5.41, 5.74) is 2.44. The summed E-state index contributed by atoms with van der Waals surface area (Å²) >= 11 is 0. The van der Waals surface area contributed by atoms with Crippen LogP contribution in [0.2, 0.25) is 0 Å². The van der Waals surface area contributed by atoms with E-state index in [0.29, 0.717) is 12.1 Å². The topological polar surface area (TPSA) is 29.9 Å². The fraction of sp³-hybridized carbons (Fsp3) is 0.750. The van der Waals surface area contributed by atoms with Gasteiger partial charge in [0.2, 0.25) is 0 Å². The van der Waals surface area contributed by atoms with Crippen LogP contribution in [0.15, 0.2) is 6.07 Å². The molecule has 0 aliphatic heterocycles. The van der Waals surface area contributed by atoms with Crippen molar-refractivity contribution in [2.24, 2.45) is 0 Å². The fourth-order valence-corrected chi connectivity index (χ4v) is 2.67. The highest BCUT2D eigenvalue weighted by atomic mass is 15.3. The highest BCUT2D eigenvalue weighted by molar-refractivity contribution is 5.08. The predicted octanol–water partition coefficient (Wildman–Crippen LogP) is 2.20. The van der Waals surface area contributed by atoms with Crippen LogP contribution in [-0.2, 0) is 0 Å². The van der Waals surface area contributed by atoms with Crippen molar-refractivity contribution in [1.29, 1.82) is 0 Å². The molecular weight excluding hydrogens is 186 g/mol. The van der Waals surface area contributed by atoms with Gasteiger partial charge in [-0.1, -0.05) is 6.92 Å². The van der Waals surface area contributed by atoms with Crippen molar-refractivity contribution in [1.82, 2.24) is 15.1 Å². The molecular formula is C12H21N3. The third-order valence-electron chi connectivity index (χ3n) is 3.29. The molecule has 1 aliphatic rings. The van der Waals surface area contributed by atoms with E-state index < -0.39 is 0 Å². The molecule has 0 saturated heterocycles. The summed E-state index contributed by atoms with van der Waals surface area (Å²) in [7, 11) is 0. The third-order valence-corrected chi connectivity index (χ3v) is 3.29. The van der Waals surface area contributed by atoms with Gasteiger partial charge in [0, 0.05) is 11.7 Å². The Morgan fingerprint density at radius 3 is 2.87 bits per heavy atom. The van der Waals surface area contributed by atoms with Crippen LogP contribution < -0.4 is 5.32 Å². The van der Waals surface area contributed by atoms with Gasteiger partial charge in [-0.25, -0.2) is 0 Å². The number of aryl methyl sites for hydroxylation is 2. The van der Waals surface area contributed by atoms with Crippen LogP contribution in [0.4, 0.5) is 0 Å². The van der Waals surface area contributed by atoms with Gasteiger partial charge in [0.05, 0.1) is 11.7 Å². The van der Waals surface area contributed by atoms with Gasteiger partial charge in [0.15, 0.2) is 0 Å². The SMILES string of the molecule is CCNC1CCC(n2nc(C)cc2C)C1. The normalized spacial score (nSPS) is 26.1. The molecule has 3 heteroatoms. The number of nitrogens with zero attached hydrogens (tertiary/aromatic N) is 2. The molecule has 1 saturated carbocycles. The summed E-state index contributed by atoms with van der Waals surface area (Å²) in [4.78, 5) is 0. The van der Waals surface area contributed by atoms with Gasteiger partial charge >= 0.3 is 0 Å². The van der Waals surface area contributed by atoms with Crippen molar-refractivity contribution >= 4 is 0 Å². The largest absolute Gasteiger partial charge is 0.314 e. The molecule has 0 aromatic carbocycles. The zero-order chi connectivity index (χ0) is 10.8. The molecule has 1 heterocycles. The number of hydrogen-bond donors (Lipinski definition) is 1. The van der Waals surface area contributed by atoms with Crippen molar-refractivity contribution in [2.45, 2.75) is 52.1 Å². The molecule has 1 aromatic rings. The minimum absolute atomic E-state index is 0.614. The van der Waals surface area contributed by atoms with E-state index in [1.807, 2.05) is 0 Å². The summed E-state index contributed by atoms with van der Waals surface area (Å²) < 4.78 is 2.21. The van der Waals surface area contributed by atoms with Crippen LogP contribution in [0, 0.1) is 13.8 Å². The van der Waals surface area contributed by atoms with E-state index in [1.54, 1.807) is 0 Å². The number of aromatic nitrogens is 2. The quantitative estimate of drug-likeness (QED) is 0.823. The second-order valence-corrected chi connectivity index (χ2v) is 4.59. The molecule has 2 unspecified atom stereocenters. The lowest BCUT2D eigenvalue weighted by atomic mass is 10.2. The second kappa shape index (κ2) is 4.35. The first-order valence-electron chi connectivity index (χ1n) is 5.97. The monoisotopic (exact) mass is 207 g/mol. The van der Waals surface area contributed by atoms with Gasteiger partial charge in [-0.15, -0.1) is 0 Å². The van der Waals surface area contributed by atoms with Crippen LogP contribution in [0.3, 0.4) is 0 Å². The molecule has 1 aromatic heterocycles. The Kier molecular flexibility index (Phi) is 3.10. The van der Waals surface area contributed by atoms with Gasteiger partial charge in [-0.2, -0.15) is 5.10 Å². The van der Waals surface area contributed by atoms with Crippen LogP contribution >= 0.6 is 0 Å². The first-order valence-corrected chi connectivity index (χ1v) is 5.97. The summed E-state index contributed by atoms with van der Waals surface area (Å²) in [5.74, 6) is 0. The maximum atomic E-state index is 4.58. The molecule has 2 rings (SSSR count). The lowest BCUT2D eigenvalue weighted by Gasteiger charge is -2.14. The Labute approximate surface area is 91.9 Å². The van der Waals surface area contributed by atoms with E-state index in [-0.39, 0.29) is 0 Å². The van der Waals surface area contributed by atoms with Gasteiger partial charge in [-0.05, 0) is 45.7 Å². The van der Waals surface area contributed by atoms with E-state index in [9.17, 15) is 0 Å². The molecule has 84 valence electrons. The van der Waals surface area contributed by atoms with E-state index in [0.717, 1.165) is 12.2 Å². The number of hydrogen-bond acceptors (Lipinski definition) is 2. The molecule has 0 bridgehead atoms.